The number of thiophene rings is 1. The van der Waals surface area contributed by atoms with Gasteiger partial charge in [0.15, 0.2) is 0 Å². The molecular formula is C16H13Cl2FN2O2S. The second-order valence-corrected chi connectivity index (χ2v) is 7.62. The molecule has 0 bridgehead atoms. The van der Waals surface area contributed by atoms with Crippen LogP contribution in [0.1, 0.15) is 20.7 Å². The Labute approximate surface area is 152 Å². The molecule has 0 radical (unpaired) electrons. The fraction of sp³-hybridized carbons (Fsp3) is 0.250. The Morgan fingerprint density at radius 2 is 1.62 bits per heavy atom. The maximum absolute atomic E-state index is 13.2. The summed E-state index contributed by atoms with van der Waals surface area (Å²) >= 11 is 13.0. The first-order chi connectivity index (χ1) is 11.5. The summed E-state index contributed by atoms with van der Waals surface area (Å²) in [6, 6.07) is 7.15. The summed E-state index contributed by atoms with van der Waals surface area (Å²) in [5, 5.41) is 0. The third-order valence-electron chi connectivity index (χ3n) is 3.81. The normalized spacial score (nSPS) is 14.8. The van der Waals surface area contributed by atoms with Gasteiger partial charge in [-0.1, -0.05) is 29.3 Å². The molecule has 0 saturated carbocycles. The molecule has 1 aromatic carbocycles. The van der Waals surface area contributed by atoms with Gasteiger partial charge in [0.1, 0.15) is 10.2 Å². The maximum Gasteiger partial charge on any atom is 0.256 e. The summed E-state index contributed by atoms with van der Waals surface area (Å²) in [7, 11) is 0. The molecule has 2 heterocycles. The van der Waals surface area contributed by atoms with Crippen LogP contribution in [-0.4, -0.2) is 47.8 Å². The van der Waals surface area contributed by atoms with E-state index in [1.54, 1.807) is 21.9 Å². The van der Waals surface area contributed by atoms with Gasteiger partial charge in [-0.2, -0.15) is 0 Å². The molecule has 0 unspecified atom stereocenters. The van der Waals surface area contributed by atoms with E-state index in [0.717, 1.165) is 11.3 Å². The Hall–Kier alpha value is -1.63. The highest BCUT2D eigenvalue weighted by Gasteiger charge is 2.27. The number of benzene rings is 1. The second-order valence-electron chi connectivity index (χ2n) is 5.33. The largest absolute Gasteiger partial charge is 0.335 e. The van der Waals surface area contributed by atoms with Gasteiger partial charge in [0.25, 0.3) is 11.8 Å². The van der Waals surface area contributed by atoms with Crippen LogP contribution in [-0.2, 0) is 0 Å². The first-order valence-corrected chi connectivity index (χ1v) is 8.82. The highest BCUT2D eigenvalue weighted by Crippen LogP contribution is 2.32. The summed E-state index contributed by atoms with van der Waals surface area (Å²) in [4.78, 5) is 28.1. The number of nitrogens with zero attached hydrogens (tertiary/aromatic N) is 2. The lowest BCUT2D eigenvalue weighted by molar-refractivity contribution is 0.0535. The van der Waals surface area contributed by atoms with Crippen LogP contribution in [0.4, 0.5) is 4.39 Å². The van der Waals surface area contributed by atoms with Crippen LogP contribution in [0.5, 0.6) is 0 Å². The van der Waals surface area contributed by atoms with Crippen molar-refractivity contribution in [1.29, 1.82) is 0 Å². The predicted molar refractivity (Wildman–Crippen MR) is 92.5 cm³/mol. The van der Waals surface area contributed by atoms with Crippen molar-refractivity contribution in [1.82, 2.24) is 9.80 Å². The van der Waals surface area contributed by atoms with Crippen LogP contribution in [0.15, 0.2) is 30.3 Å². The summed E-state index contributed by atoms with van der Waals surface area (Å²) in [5.41, 5.74) is 0.694. The Bertz CT molecular complexity index is 788. The topological polar surface area (TPSA) is 40.6 Å². The zero-order chi connectivity index (χ0) is 17.3. The van der Waals surface area contributed by atoms with Gasteiger partial charge < -0.3 is 9.80 Å². The standard InChI is InChI=1S/C16H13Cl2FN2O2S/c17-13-9-12(14(18)24-13)16(23)21-6-4-20(5-7-21)15(22)10-2-1-3-11(19)8-10/h1-3,8-9H,4-7H2. The fourth-order valence-electron chi connectivity index (χ4n) is 2.57. The molecule has 2 amide bonds. The summed E-state index contributed by atoms with van der Waals surface area (Å²) in [6.07, 6.45) is 0. The first kappa shape index (κ1) is 17.2. The van der Waals surface area contributed by atoms with Crippen molar-refractivity contribution in [2.24, 2.45) is 0 Å². The molecule has 0 aliphatic carbocycles. The maximum atomic E-state index is 13.2. The highest BCUT2D eigenvalue weighted by atomic mass is 35.5. The van der Waals surface area contributed by atoms with E-state index in [-0.39, 0.29) is 11.8 Å². The van der Waals surface area contributed by atoms with E-state index in [1.165, 1.54) is 18.2 Å². The summed E-state index contributed by atoms with van der Waals surface area (Å²) in [5.74, 6) is -0.877. The van der Waals surface area contributed by atoms with Gasteiger partial charge in [0, 0.05) is 31.7 Å². The van der Waals surface area contributed by atoms with Crippen molar-refractivity contribution in [3.63, 3.8) is 0 Å². The molecule has 24 heavy (non-hydrogen) atoms. The zero-order valence-corrected chi connectivity index (χ0v) is 14.8. The van der Waals surface area contributed by atoms with Crippen LogP contribution in [0.25, 0.3) is 0 Å². The van der Waals surface area contributed by atoms with Gasteiger partial charge in [-0.15, -0.1) is 11.3 Å². The molecule has 1 aliphatic heterocycles. The third-order valence-corrected chi connectivity index (χ3v) is 5.30. The smallest absolute Gasteiger partial charge is 0.256 e. The number of hydrogen-bond acceptors (Lipinski definition) is 3. The van der Waals surface area contributed by atoms with E-state index in [0.29, 0.717) is 46.0 Å². The molecule has 1 aliphatic rings. The van der Waals surface area contributed by atoms with Crippen molar-refractivity contribution < 1.29 is 14.0 Å². The molecule has 1 fully saturated rings. The number of halogens is 3. The third kappa shape index (κ3) is 3.55. The predicted octanol–water partition coefficient (Wildman–Crippen LogP) is 3.79. The average Bonchev–Trinajstić information content (AvgIpc) is 2.92. The van der Waals surface area contributed by atoms with E-state index in [4.69, 9.17) is 23.2 Å². The van der Waals surface area contributed by atoms with Crippen molar-refractivity contribution in [2.75, 3.05) is 26.2 Å². The van der Waals surface area contributed by atoms with E-state index in [1.807, 2.05) is 0 Å². The minimum absolute atomic E-state index is 0.194. The van der Waals surface area contributed by atoms with Crippen LogP contribution in [0, 0.1) is 5.82 Å². The second kappa shape index (κ2) is 7.09. The van der Waals surface area contributed by atoms with Gasteiger partial charge in [-0.05, 0) is 24.3 Å². The number of amides is 2. The first-order valence-electron chi connectivity index (χ1n) is 7.24. The lowest BCUT2D eigenvalue weighted by Crippen LogP contribution is -2.50. The van der Waals surface area contributed by atoms with Gasteiger partial charge in [-0.3, -0.25) is 9.59 Å². The average molecular weight is 387 g/mol. The van der Waals surface area contributed by atoms with Crippen molar-refractivity contribution in [3.05, 3.63) is 55.9 Å². The van der Waals surface area contributed by atoms with Gasteiger partial charge in [0.2, 0.25) is 0 Å². The number of hydrogen-bond donors (Lipinski definition) is 0. The number of piperazine rings is 1. The molecular weight excluding hydrogens is 374 g/mol. The van der Waals surface area contributed by atoms with Gasteiger partial charge >= 0.3 is 0 Å². The van der Waals surface area contributed by atoms with Crippen LogP contribution in [0.3, 0.4) is 0 Å². The minimum Gasteiger partial charge on any atom is -0.335 e. The van der Waals surface area contributed by atoms with Crippen molar-refractivity contribution in [2.45, 2.75) is 0 Å². The van der Waals surface area contributed by atoms with Gasteiger partial charge in [0.05, 0.1) is 9.90 Å². The summed E-state index contributed by atoms with van der Waals surface area (Å²) in [6.45, 7) is 1.56. The highest BCUT2D eigenvalue weighted by molar-refractivity contribution is 7.20. The molecule has 3 rings (SSSR count). The summed E-state index contributed by atoms with van der Waals surface area (Å²) < 4.78 is 14.1. The Morgan fingerprint density at radius 3 is 2.17 bits per heavy atom. The lowest BCUT2D eigenvalue weighted by Gasteiger charge is -2.34. The molecule has 1 saturated heterocycles. The Kier molecular flexibility index (Phi) is 5.08. The Morgan fingerprint density at radius 1 is 1.00 bits per heavy atom. The van der Waals surface area contributed by atoms with Crippen LogP contribution in [0.2, 0.25) is 8.67 Å². The molecule has 1 aromatic heterocycles. The number of rotatable bonds is 2. The van der Waals surface area contributed by atoms with Crippen molar-refractivity contribution >= 4 is 46.4 Å². The zero-order valence-electron chi connectivity index (χ0n) is 12.5. The molecule has 2 aromatic rings. The quantitative estimate of drug-likeness (QED) is 0.787. The molecule has 8 heteroatoms. The van der Waals surface area contributed by atoms with Crippen LogP contribution < -0.4 is 0 Å². The number of carbonyl (C=O) groups excluding carboxylic acids is 2. The molecule has 126 valence electrons. The van der Waals surface area contributed by atoms with E-state index < -0.39 is 5.82 Å². The van der Waals surface area contributed by atoms with Gasteiger partial charge in [-0.25, -0.2) is 4.39 Å². The SMILES string of the molecule is O=C(c1cccc(F)c1)N1CCN(C(=O)c2cc(Cl)sc2Cl)CC1. The molecule has 0 N–H and O–H groups in total. The lowest BCUT2D eigenvalue weighted by atomic mass is 10.1. The minimum atomic E-state index is -0.446. The van der Waals surface area contributed by atoms with E-state index in [2.05, 4.69) is 0 Å². The van der Waals surface area contributed by atoms with Crippen LogP contribution >= 0.6 is 34.5 Å². The van der Waals surface area contributed by atoms with E-state index >= 15 is 0 Å². The van der Waals surface area contributed by atoms with Crippen molar-refractivity contribution in [3.8, 4) is 0 Å². The molecule has 0 atom stereocenters. The number of carbonyl (C=O) groups is 2. The Balaban J connectivity index is 1.64. The monoisotopic (exact) mass is 386 g/mol. The fourth-order valence-corrected chi connectivity index (χ4v) is 4.02. The molecule has 0 spiro atoms. The molecule has 4 nitrogen and oxygen atoms in total. The van der Waals surface area contributed by atoms with E-state index in [9.17, 15) is 14.0 Å².